The monoisotopic (exact) mass is 379 g/mol. The highest BCUT2D eigenvalue weighted by Crippen LogP contribution is 2.26. The van der Waals surface area contributed by atoms with Crippen LogP contribution in [0.2, 0.25) is 0 Å². The molecule has 0 radical (unpaired) electrons. The minimum Gasteiger partial charge on any atom is -0.362 e. The number of rotatable bonds is 6. The SMILES string of the molecule is CN(C)c1nc(N[C@H]2CC[C@@H](NCc3nccn3C)CC2)nc2ccccc12. The first-order valence-electron chi connectivity index (χ1n) is 10.0. The lowest BCUT2D eigenvalue weighted by atomic mass is 9.91. The van der Waals surface area contributed by atoms with Gasteiger partial charge in [-0.15, -0.1) is 0 Å². The van der Waals surface area contributed by atoms with Gasteiger partial charge in [0.15, 0.2) is 0 Å². The summed E-state index contributed by atoms with van der Waals surface area (Å²) in [6.45, 7) is 0.826. The average Bonchev–Trinajstić information content (AvgIpc) is 3.11. The fraction of sp³-hybridized carbons (Fsp3) is 0.476. The van der Waals surface area contributed by atoms with Crippen molar-refractivity contribution >= 4 is 22.7 Å². The molecule has 2 N–H and O–H groups in total. The zero-order valence-electron chi connectivity index (χ0n) is 16.9. The Labute approximate surface area is 166 Å². The normalized spacial score (nSPS) is 19.7. The van der Waals surface area contributed by atoms with E-state index >= 15 is 0 Å². The van der Waals surface area contributed by atoms with Gasteiger partial charge in [0.25, 0.3) is 0 Å². The Morgan fingerprint density at radius 3 is 2.54 bits per heavy atom. The van der Waals surface area contributed by atoms with Gasteiger partial charge in [0.05, 0.1) is 12.1 Å². The van der Waals surface area contributed by atoms with E-state index in [1.807, 2.05) is 56.6 Å². The number of aryl methyl sites for hydroxylation is 1. The zero-order valence-corrected chi connectivity index (χ0v) is 16.9. The molecule has 1 aliphatic carbocycles. The number of fused-ring (bicyclic) bond motifs is 1. The molecule has 7 heteroatoms. The molecule has 2 aromatic heterocycles. The fourth-order valence-electron chi connectivity index (χ4n) is 3.89. The predicted molar refractivity (Wildman–Crippen MR) is 114 cm³/mol. The molecule has 1 fully saturated rings. The van der Waals surface area contributed by atoms with Gasteiger partial charge < -0.3 is 20.1 Å². The molecule has 0 atom stereocenters. The molecule has 0 bridgehead atoms. The Balaban J connectivity index is 1.36. The number of anilines is 2. The standard InChI is InChI=1S/C21H29N7/c1-27(2)20-17-6-4-5-7-18(17)25-21(26-20)24-16-10-8-15(9-11-16)23-14-19-22-12-13-28(19)3/h4-7,12-13,15-16,23H,8-11,14H2,1-3H3,(H,24,25,26)/t15-,16+. The molecule has 0 aliphatic heterocycles. The molecule has 1 saturated carbocycles. The van der Waals surface area contributed by atoms with E-state index in [4.69, 9.17) is 9.97 Å². The summed E-state index contributed by atoms with van der Waals surface area (Å²) in [5.41, 5.74) is 0.981. The summed E-state index contributed by atoms with van der Waals surface area (Å²) >= 11 is 0. The van der Waals surface area contributed by atoms with Crippen LogP contribution in [0.25, 0.3) is 10.9 Å². The molecule has 0 amide bonds. The van der Waals surface area contributed by atoms with Crippen LogP contribution in [0.5, 0.6) is 0 Å². The molecular weight excluding hydrogens is 350 g/mol. The minimum absolute atomic E-state index is 0.419. The summed E-state index contributed by atoms with van der Waals surface area (Å²) in [5.74, 6) is 2.77. The largest absolute Gasteiger partial charge is 0.362 e. The van der Waals surface area contributed by atoms with Crippen LogP contribution in [0.15, 0.2) is 36.7 Å². The van der Waals surface area contributed by atoms with Crippen molar-refractivity contribution in [1.29, 1.82) is 0 Å². The predicted octanol–water partition coefficient (Wildman–Crippen LogP) is 2.94. The summed E-state index contributed by atoms with van der Waals surface area (Å²) in [6, 6.07) is 9.15. The third-order valence-corrected chi connectivity index (χ3v) is 5.54. The van der Waals surface area contributed by atoms with Crippen LogP contribution in [0.4, 0.5) is 11.8 Å². The van der Waals surface area contributed by atoms with E-state index in [1.165, 1.54) is 0 Å². The lowest BCUT2D eigenvalue weighted by molar-refractivity contribution is 0.348. The third kappa shape index (κ3) is 4.09. The summed E-state index contributed by atoms with van der Waals surface area (Å²) in [5, 5.41) is 8.31. The van der Waals surface area contributed by atoms with Crippen molar-refractivity contribution in [3.8, 4) is 0 Å². The van der Waals surface area contributed by atoms with E-state index in [-0.39, 0.29) is 0 Å². The topological polar surface area (TPSA) is 70.9 Å². The minimum atomic E-state index is 0.419. The molecule has 1 aliphatic rings. The number of nitrogens with zero attached hydrogens (tertiary/aromatic N) is 5. The lowest BCUT2D eigenvalue weighted by Crippen LogP contribution is -2.37. The third-order valence-electron chi connectivity index (χ3n) is 5.54. The van der Waals surface area contributed by atoms with Crippen molar-refractivity contribution in [3.05, 3.63) is 42.5 Å². The van der Waals surface area contributed by atoms with Gasteiger partial charge in [-0.1, -0.05) is 12.1 Å². The number of para-hydroxylation sites is 1. The van der Waals surface area contributed by atoms with Gasteiger partial charge in [0, 0.05) is 51.0 Å². The van der Waals surface area contributed by atoms with Crippen molar-refractivity contribution in [2.45, 2.75) is 44.3 Å². The Morgan fingerprint density at radius 2 is 1.82 bits per heavy atom. The maximum absolute atomic E-state index is 4.77. The van der Waals surface area contributed by atoms with Gasteiger partial charge in [-0.25, -0.2) is 9.97 Å². The van der Waals surface area contributed by atoms with Gasteiger partial charge in [0.1, 0.15) is 11.6 Å². The van der Waals surface area contributed by atoms with Gasteiger partial charge in [-0.2, -0.15) is 4.98 Å². The van der Waals surface area contributed by atoms with E-state index in [1.54, 1.807) is 0 Å². The highest BCUT2D eigenvalue weighted by Gasteiger charge is 2.22. The summed E-state index contributed by atoms with van der Waals surface area (Å²) < 4.78 is 2.07. The van der Waals surface area contributed by atoms with Crippen LogP contribution in [0.3, 0.4) is 0 Å². The second-order valence-corrected chi connectivity index (χ2v) is 7.81. The van der Waals surface area contributed by atoms with Crippen LogP contribution in [0, 0.1) is 0 Å². The number of imidazole rings is 1. The van der Waals surface area contributed by atoms with Gasteiger partial charge >= 0.3 is 0 Å². The second-order valence-electron chi connectivity index (χ2n) is 7.81. The first kappa shape index (κ1) is 18.7. The highest BCUT2D eigenvalue weighted by molar-refractivity contribution is 5.90. The number of nitrogens with one attached hydrogen (secondary N) is 2. The van der Waals surface area contributed by atoms with Crippen molar-refractivity contribution in [3.63, 3.8) is 0 Å². The van der Waals surface area contributed by atoms with Crippen LogP contribution < -0.4 is 15.5 Å². The summed E-state index contributed by atoms with van der Waals surface area (Å²) in [4.78, 5) is 15.9. The number of hydrogen-bond acceptors (Lipinski definition) is 6. The second kappa shape index (κ2) is 8.14. The first-order valence-corrected chi connectivity index (χ1v) is 10.0. The van der Waals surface area contributed by atoms with Crippen molar-refractivity contribution < 1.29 is 0 Å². The highest BCUT2D eigenvalue weighted by atomic mass is 15.2. The van der Waals surface area contributed by atoms with E-state index in [2.05, 4.69) is 26.3 Å². The molecule has 0 unspecified atom stereocenters. The fourth-order valence-corrected chi connectivity index (χ4v) is 3.89. The summed E-state index contributed by atoms with van der Waals surface area (Å²) in [6.07, 6.45) is 8.37. The maximum Gasteiger partial charge on any atom is 0.225 e. The molecule has 1 aromatic carbocycles. The van der Waals surface area contributed by atoms with E-state index in [0.29, 0.717) is 12.1 Å². The van der Waals surface area contributed by atoms with Gasteiger partial charge in [-0.05, 0) is 37.8 Å². The van der Waals surface area contributed by atoms with Crippen LogP contribution in [-0.2, 0) is 13.6 Å². The van der Waals surface area contributed by atoms with Gasteiger partial charge in [-0.3, -0.25) is 0 Å². The Hall–Kier alpha value is -2.67. The smallest absolute Gasteiger partial charge is 0.225 e. The Kier molecular flexibility index (Phi) is 5.43. The zero-order chi connectivity index (χ0) is 19.5. The molecule has 2 heterocycles. The molecule has 7 nitrogen and oxygen atoms in total. The average molecular weight is 380 g/mol. The first-order chi connectivity index (χ1) is 13.6. The molecular formula is C21H29N7. The maximum atomic E-state index is 4.77. The van der Waals surface area contributed by atoms with Crippen LogP contribution in [0.1, 0.15) is 31.5 Å². The van der Waals surface area contributed by atoms with Crippen LogP contribution in [-0.4, -0.2) is 45.7 Å². The number of hydrogen-bond donors (Lipinski definition) is 2. The molecule has 148 valence electrons. The molecule has 0 spiro atoms. The Morgan fingerprint density at radius 1 is 1.07 bits per heavy atom. The number of benzene rings is 1. The van der Waals surface area contributed by atoms with Crippen molar-refractivity contribution in [2.24, 2.45) is 7.05 Å². The molecule has 28 heavy (non-hydrogen) atoms. The Bertz CT molecular complexity index is 925. The molecule has 3 aromatic rings. The van der Waals surface area contributed by atoms with Crippen LogP contribution >= 0.6 is 0 Å². The summed E-state index contributed by atoms with van der Waals surface area (Å²) in [7, 11) is 6.09. The number of aromatic nitrogens is 4. The van der Waals surface area contributed by atoms with E-state index in [9.17, 15) is 0 Å². The quantitative estimate of drug-likeness (QED) is 0.686. The van der Waals surface area contributed by atoms with Gasteiger partial charge in [0.2, 0.25) is 5.95 Å². The van der Waals surface area contributed by atoms with Crippen molar-refractivity contribution in [2.75, 3.05) is 24.3 Å². The molecule has 0 saturated heterocycles. The van der Waals surface area contributed by atoms with E-state index < -0.39 is 0 Å². The van der Waals surface area contributed by atoms with Crippen molar-refractivity contribution in [1.82, 2.24) is 24.8 Å². The lowest BCUT2D eigenvalue weighted by Gasteiger charge is -2.30. The van der Waals surface area contributed by atoms with E-state index in [0.717, 1.165) is 60.7 Å². The molecule has 4 rings (SSSR count).